The third-order valence-electron chi connectivity index (χ3n) is 3.28. The molecule has 0 bridgehead atoms. The highest BCUT2D eigenvalue weighted by Crippen LogP contribution is 2.13. The number of carbonyl (C=O) groups is 1. The largest absolute Gasteiger partial charge is 0.466 e. The predicted octanol–water partition coefficient (Wildman–Crippen LogP) is 4.23. The molecule has 0 spiro atoms. The maximum Gasteiger partial charge on any atom is 0.254 e. The van der Waals surface area contributed by atoms with E-state index in [1.807, 2.05) is 13.8 Å². The first-order valence-electron chi connectivity index (χ1n) is 7.36. The van der Waals surface area contributed by atoms with E-state index in [-0.39, 0.29) is 5.91 Å². The molecule has 3 nitrogen and oxygen atoms in total. The Bertz CT molecular complexity index is 393. The fourth-order valence-corrected chi connectivity index (χ4v) is 2.18. The summed E-state index contributed by atoms with van der Waals surface area (Å²) in [4.78, 5) is 11.9. The van der Waals surface area contributed by atoms with Crippen LogP contribution in [-0.2, 0) is 0 Å². The molecule has 3 heteroatoms. The second-order valence-electron chi connectivity index (χ2n) is 5.68. The molecule has 1 rings (SSSR count). The maximum atomic E-state index is 11.9. The van der Waals surface area contributed by atoms with E-state index in [2.05, 4.69) is 19.2 Å². The van der Waals surface area contributed by atoms with E-state index in [0.717, 1.165) is 24.6 Å². The number of aryl methyl sites for hydroxylation is 2. The topological polar surface area (TPSA) is 42.2 Å². The third kappa shape index (κ3) is 5.95. The lowest BCUT2D eigenvalue weighted by atomic mass is 10.0. The number of rotatable bonds is 8. The van der Waals surface area contributed by atoms with Crippen LogP contribution in [0.15, 0.2) is 10.5 Å². The van der Waals surface area contributed by atoms with Crippen molar-refractivity contribution < 1.29 is 9.21 Å². The van der Waals surface area contributed by atoms with Crippen molar-refractivity contribution in [2.75, 3.05) is 6.54 Å². The number of amides is 1. The normalized spacial score (nSPS) is 11.0. The summed E-state index contributed by atoms with van der Waals surface area (Å²) >= 11 is 0. The average Bonchev–Trinajstić information content (AvgIpc) is 2.66. The molecule has 1 aromatic rings. The molecule has 1 aromatic heterocycles. The predicted molar refractivity (Wildman–Crippen MR) is 78.4 cm³/mol. The van der Waals surface area contributed by atoms with Gasteiger partial charge in [-0.05, 0) is 32.3 Å². The quantitative estimate of drug-likeness (QED) is 0.715. The molecule has 0 unspecified atom stereocenters. The maximum absolute atomic E-state index is 11.9. The van der Waals surface area contributed by atoms with Crippen molar-refractivity contribution >= 4 is 5.91 Å². The van der Waals surface area contributed by atoms with E-state index < -0.39 is 0 Å². The molecule has 0 atom stereocenters. The molecule has 1 heterocycles. The molecule has 0 radical (unpaired) electrons. The first kappa shape index (κ1) is 15.8. The molecule has 0 fully saturated rings. The summed E-state index contributed by atoms with van der Waals surface area (Å²) in [5, 5.41) is 2.95. The summed E-state index contributed by atoms with van der Waals surface area (Å²) in [6, 6.07) is 1.80. The second-order valence-corrected chi connectivity index (χ2v) is 5.68. The van der Waals surface area contributed by atoms with Crippen molar-refractivity contribution in [1.82, 2.24) is 5.32 Å². The van der Waals surface area contributed by atoms with Crippen molar-refractivity contribution in [3.05, 3.63) is 23.2 Å². The summed E-state index contributed by atoms with van der Waals surface area (Å²) in [6.45, 7) is 8.96. The van der Waals surface area contributed by atoms with Gasteiger partial charge in [-0.25, -0.2) is 0 Å². The van der Waals surface area contributed by atoms with Gasteiger partial charge in [-0.15, -0.1) is 0 Å². The zero-order valence-corrected chi connectivity index (χ0v) is 12.7. The highest BCUT2D eigenvalue weighted by Gasteiger charge is 2.12. The molecule has 0 saturated heterocycles. The Hall–Kier alpha value is -1.25. The molecule has 0 aliphatic rings. The second kappa shape index (κ2) is 8.03. The van der Waals surface area contributed by atoms with Crippen LogP contribution in [-0.4, -0.2) is 12.5 Å². The van der Waals surface area contributed by atoms with E-state index in [4.69, 9.17) is 4.42 Å². The lowest BCUT2D eigenvalue weighted by molar-refractivity contribution is 0.0951. The molecule has 0 saturated carbocycles. The molecule has 0 aliphatic carbocycles. The highest BCUT2D eigenvalue weighted by molar-refractivity contribution is 5.95. The van der Waals surface area contributed by atoms with Gasteiger partial charge >= 0.3 is 0 Å². The lowest BCUT2D eigenvalue weighted by Gasteiger charge is -2.05. The zero-order valence-electron chi connectivity index (χ0n) is 12.7. The van der Waals surface area contributed by atoms with E-state index >= 15 is 0 Å². The number of hydrogen-bond donors (Lipinski definition) is 1. The van der Waals surface area contributed by atoms with Crippen molar-refractivity contribution in [3.63, 3.8) is 0 Å². The lowest BCUT2D eigenvalue weighted by Crippen LogP contribution is -2.24. The van der Waals surface area contributed by atoms with E-state index in [1.165, 1.54) is 25.7 Å². The molecule has 1 N–H and O–H groups in total. The average molecular weight is 265 g/mol. The van der Waals surface area contributed by atoms with Crippen molar-refractivity contribution in [2.24, 2.45) is 5.92 Å². The number of hydrogen-bond acceptors (Lipinski definition) is 2. The van der Waals surface area contributed by atoms with Crippen molar-refractivity contribution in [3.8, 4) is 0 Å². The van der Waals surface area contributed by atoms with Gasteiger partial charge in [0.15, 0.2) is 0 Å². The van der Waals surface area contributed by atoms with Gasteiger partial charge < -0.3 is 9.73 Å². The van der Waals surface area contributed by atoms with Crippen LogP contribution in [0.1, 0.15) is 67.8 Å². The van der Waals surface area contributed by atoms with Crippen molar-refractivity contribution in [2.45, 2.75) is 59.8 Å². The third-order valence-corrected chi connectivity index (χ3v) is 3.28. The van der Waals surface area contributed by atoms with Gasteiger partial charge in [-0.3, -0.25) is 4.79 Å². The first-order chi connectivity index (χ1) is 9.00. The van der Waals surface area contributed by atoms with Gasteiger partial charge in [0.05, 0.1) is 5.56 Å². The Morgan fingerprint density at radius 3 is 2.47 bits per heavy atom. The van der Waals surface area contributed by atoms with E-state index in [0.29, 0.717) is 11.3 Å². The van der Waals surface area contributed by atoms with E-state index in [1.54, 1.807) is 6.07 Å². The van der Waals surface area contributed by atoms with Gasteiger partial charge in [0.1, 0.15) is 11.5 Å². The molecule has 0 aliphatic heterocycles. The fourth-order valence-electron chi connectivity index (χ4n) is 2.18. The van der Waals surface area contributed by atoms with Crippen LogP contribution in [0.2, 0.25) is 0 Å². The molecule has 19 heavy (non-hydrogen) atoms. The Kier molecular flexibility index (Phi) is 6.68. The van der Waals surface area contributed by atoms with E-state index in [9.17, 15) is 4.79 Å². The molecule has 1 amide bonds. The summed E-state index contributed by atoms with van der Waals surface area (Å²) in [5.74, 6) is 2.27. The van der Waals surface area contributed by atoms with Crippen LogP contribution < -0.4 is 5.32 Å². The van der Waals surface area contributed by atoms with Gasteiger partial charge in [-0.2, -0.15) is 0 Å². The smallest absolute Gasteiger partial charge is 0.254 e. The first-order valence-corrected chi connectivity index (χ1v) is 7.36. The van der Waals surface area contributed by atoms with Crippen LogP contribution in [0.3, 0.4) is 0 Å². The standard InChI is InChI=1S/C16H27NO2/c1-12(2)9-7-5-6-8-10-17-16(18)15-11-13(3)19-14(15)4/h11-12H,5-10H2,1-4H3,(H,17,18). The van der Waals surface area contributed by atoms with Crippen LogP contribution in [0.5, 0.6) is 0 Å². The van der Waals surface area contributed by atoms with Gasteiger partial charge in [0, 0.05) is 6.54 Å². The summed E-state index contributed by atoms with van der Waals surface area (Å²) in [7, 11) is 0. The fraction of sp³-hybridized carbons (Fsp3) is 0.688. The van der Waals surface area contributed by atoms with Crippen molar-refractivity contribution in [1.29, 1.82) is 0 Å². The van der Waals surface area contributed by atoms with Crippen LogP contribution in [0.4, 0.5) is 0 Å². The molecule has 108 valence electrons. The molecular formula is C16H27NO2. The Morgan fingerprint density at radius 1 is 1.21 bits per heavy atom. The summed E-state index contributed by atoms with van der Waals surface area (Å²) in [5.41, 5.74) is 0.664. The minimum atomic E-state index is -0.0171. The summed E-state index contributed by atoms with van der Waals surface area (Å²) < 4.78 is 5.36. The highest BCUT2D eigenvalue weighted by atomic mass is 16.3. The van der Waals surface area contributed by atoms with Crippen LogP contribution >= 0.6 is 0 Å². The number of nitrogens with one attached hydrogen (secondary N) is 1. The van der Waals surface area contributed by atoms with Gasteiger partial charge in [-0.1, -0.05) is 39.5 Å². The van der Waals surface area contributed by atoms with Crippen LogP contribution in [0, 0.1) is 19.8 Å². The van der Waals surface area contributed by atoms with Gasteiger partial charge in [0.2, 0.25) is 0 Å². The molecular weight excluding hydrogens is 238 g/mol. The summed E-state index contributed by atoms with van der Waals surface area (Å²) in [6.07, 6.45) is 6.11. The number of furan rings is 1. The zero-order chi connectivity index (χ0) is 14.3. The monoisotopic (exact) mass is 265 g/mol. The number of carbonyl (C=O) groups excluding carboxylic acids is 1. The van der Waals surface area contributed by atoms with Gasteiger partial charge in [0.25, 0.3) is 5.91 Å². The Labute approximate surface area is 116 Å². The minimum Gasteiger partial charge on any atom is -0.466 e. The molecule has 0 aromatic carbocycles. The Morgan fingerprint density at radius 2 is 1.89 bits per heavy atom. The number of unbranched alkanes of at least 4 members (excludes halogenated alkanes) is 3. The SMILES string of the molecule is Cc1cc(C(=O)NCCCCCCC(C)C)c(C)o1. The minimum absolute atomic E-state index is 0.0171. The van der Waals surface area contributed by atoms with Crippen LogP contribution in [0.25, 0.3) is 0 Å². The Balaban J connectivity index is 2.13.